The number of amides is 1. The summed E-state index contributed by atoms with van der Waals surface area (Å²) in [6.45, 7) is 0. The molecule has 1 atom stereocenters. The molecule has 8 heteroatoms. The van der Waals surface area contributed by atoms with Crippen LogP contribution in [0, 0.1) is 0 Å². The number of hydrogen-bond donors (Lipinski definition) is 2. The van der Waals surface area contributed by atoms with Crippen LogP contribution >= 0.6 is 31.9 Å². The molecule has 5 nitrogen and oxygen atoms in total. The van der Waals surface area contributed by atoms with Crippen molar-refractivity contribution >= 4 is 53.6 Å². The minimum absolute atomic E-state index is 0.264. The van der Waals surface area contributed by atoms with E-state index in [0.29, 0.717) is 11.0 Å². The Morgan fingerprint density at radius 3 is 2.65 bits per heavy atom. The van der Waals surface area contributed by atoms with Crippen LogP contribution < -0.4 is 5.32 Å². The lowest BCUT2D eigenvalue weighted by Crippen LogP contribution is -2.23. The molecule has 0 aliphatic heterocycles. The van der Waals surface area contributed by atoms with E-state index in [-0.39, 0.29) is 10.8 Å². The lowest BCUT2D eigenvalue weighted by molar-refractivity contribution is -0.115. The topological polar surface area (TPSA) is 83.5 Å². The van der Waals surface area contributed by atoms with Crippen LogP contribution in [0.4, 0.5) is 5.69 Å². The van der Waals surface area contributed by atoms with Crippen molar-refractivity contribution in [3.8, 4) is 0 Å². The summed E-state index contributed by atoms with van der Waals surface area (Å²) in [5.74, 6) is -0.311. The van der Waals surface area contributed by atoms with Crippen molar-refractivity contribution in [1.29, 1.82) is 0 Å². The van der Waals surface area contributed by atoms with Crippen molar-refractivity contribution in [1.82, 2.24) is 0 Å². The van der Waals surface area contributed by atoms with Gasteiger partial charge >= 0.3 is 0 Å². The molecular weight excluding hydrogens is 378 g/mol. The van der Waals surface area contributed by atoms with Crippen LogP contribution in [-0.4, -0.2) is 29.0 Å². The summed E-state index contributed by atoms with van der Waals surface area (Å²) in [5, 5.41) is 2.94. The van der Waals surface area contributed by atoms with Crippen LogP contribution in [0.2, 0.25) is 0 Å². The lowest BCUT2D eigenvalue weighted by Gasteiger charge is -2.08. The highest BCUT2D eigenvalue weighted by Crippen LogP contribution is 2.16. The fourth-order valence-electron chi connectivity index (χ4n) is 1.02. The van der Waals surface area contributed by atoms with Gasteiger partial charge in [0, 0.05) is 11.0 Å². The maximum atomic E-state index is 11.5. The van der Waals surface area contributed by atoms with E-state index in [4.69, 9.17) is 4.55 Å². The summed E-state index contributed by atoms with van der Waals surface area (Å²) in [6, 6.07) is 5.37. The zero-order chi connectivity index (χ0) is 13.1. The van der Waals surface area contributed by atoms with Crippen LogP contribution in [0.3, 0.4) is 0 Å². The molecule has 0 bridgehead atoms. The Balaban J connectivity index is 2.91. The number of halogens is 2. The average Bonchev–Trinajstić information content (AvgIpc) is 2.27. The minimum atomic E-state index is -4.26. The molecule has 0 aliphatic carbocycles. The van der Waals surface area contributed by atoms with Crippen molar-refractivity contribution in [2.24, 2.45) is 0 Å². The smallest absolute Gasteiger partial charge is 0.294 e. The van der Waals surface area contributed by atoms with Gasteiger partial charge in [0.05, 0.1) is 4.90 Å². The Hall–Kier alpha value is -0.440. The molecule has 0 heterocycles. The molecule has 0 saturated carbocycles. The number of hydrogen-bond acceptors (Lipinski definition) is 3. The molecule has 94 valence electrons. The van der Waals surface area contributed by atoms with E-state index < -0.39 is 14.9 Å². The SMILES string of the molecule is O=C(Nc1cccc(S(=O)(=O)O)c1)C(Br)CBr. The van der Waals surface area contributed by atoms with Gasteiger partial charge in [-0.25, -0.2) is 0 Å². The highest BCUT2D eigenvalue weighted by atomic mass is 79.9. The average molecular weight is 387 g/mol. The predicted molar refractivity (Wildman–Crippen MR) is 71.4 cm³/mol. The van der Waals surface area contributed by atoms with Crippen molar-refractivity contribution in [3.63, 3.8) is 0 Å². The first-order chi connectivity index (χ1) is 7.84. The number of carbonyl (C=O) groups excluding carboxylic acids is 1. The van der Waals surface area contributed by atoms with Gasteiger partial charge in [0.15, 0.2) is 0 Å². The number of nitrogens with one attached hydrogen (secondary N) is 1. The molecule has 0 radical (unpaired) electrons. The van der Waals surface area contributed by atoms with Gasteiger partial charge < -0.3 is 5.32 Å². The van der Waals surface area contributed by atoms with Gasteiger partial charge in [0.25, 0.3) is 10.1 Å². The third kappa shape index (κ3) is 4.38. The number of rotatable bonds is 4. The summed E-state index contributed by atoms with van der Waals surface area (Å²) in [5.41, 5.74) is 0.301. The Kier molecular flexibility index (Phi) is 5.11. The first kappa shape index (κ1) is 14.6. The van der Waals surface area contributed by atoms with E-state index in [2.05, 4.69) is 37.2 Å². The van der Waals surface area contributed by atoms with E-state index in [9.17, 15) is 13.2 Å². The molecule has 17 heavy (non-hydrogen) atoms. The summed E-state index contributed by atoms with van der Waals surface area (Å²) in [6.07, 6.45) is 0. The van der Waals surface area contributed by atoms with Crippen LogP contribution in [-0.2, 0) is 14.9 Å². The van der Waals surface area contributed by atoms with Crippen LogP contribution in [0.1, 0.15) is 0 Å². The summed E-state index contributed by atoms with van der Waals surface area (Å²) >= 11 is 6.26. The molecule has 2 N–H and O–H groups in total. The van der Waals surface area contributed by atoms with Crippen LogP contribution in [0.5, 0.6) is 0 Å². The molecule has 1 amide bonds. The van der Waals surface area contributed by atoms with E-state index >= 15 is 0 Å². The van der Waals surface area contributed by atoms with Crippen molar-refractivity contribution in [2.45, 2.75) is 9.72 Å². The Morgan fingerprint density at radius 2 is 2.12 bits per heavy atom. The molecule has 1 aromatic rings. The van der Waals surface area contributed by atoms with Gasteiger partial charge in [-0.2, -0.15) is 8.42 Å². The summed E-state index contributed by atoms with van der Waals surface area (Å²) in [4.78, 5) is 10.8. The standard InChI is InChI=1S/C9H9Br2NO4S/c10-5-8(11)9(13)12-6-2-1-3-7(4-6)17(14,15)16/h1-4,8H,5H2,(H,12,13)(H,14,15,16). The lowest BCUT2D eigenvalue weighted by atomic mass is 10.3. The van der Waals surface area contributed by atoms with Gasteiger partial charge in [-0.15, -0.1) is 0 Å². The Morgan fingerprint density at radius 1 is 1.47 bits per heavy atom. The van der Waals surface area contributed by atoms with Crippen molar-refractivity contribution < 1.29 is 17.8 Å². The van der Waals surface area contributed by atoms with Gasteiger partial charge in [-0.3, -0.25) is 9.35 Å². The highest BCUT2D eigenvalue weighted by molar-refractivity contribution is 9.12. The van der Waals surface area contributed by atoms with E-state index in [1.165, 1.54) is 24.3 Å². The van der Waals surface area contributed by atoms with E-state index in [0.717, 1.165) is 0 Å². The van der Waals surface area contributed by atoms with Gasteiger partial charge in [0.2, 0.25) is 5.91 Å². The largest absolute Gasteiger partial charge is 0.325 e. The normalized spacial score (nSPS) is 13.1. The molecular formula is C9H9Br2NO4S. The first-order valence-electron chi connectivity index (χ1n) is 4.43. The third-order valence-electron chi connectivity index (χ3n) is 1.82. The van der Waals surface area contributed by atoms with Crippen LogP contribution in [0.25, 0.3) is 0 Å². The third-order valence-corrected chi connectivity index (χ3v) is 4.92. The molecule has 1 unspecified atom stereocenters. The van der Waals surface area contributed by atoms with Crippen LogP contribution in [0.15, 0.2) is 29.2 Å². The zero-order valence-electron chi connectivity index (χ0n) is 8.43. The highest BCUT2D eigenvalue weighted by Gasteiger charge is 2.15. The van der Waals surface area contributed by atoms with Crippen molar-refractivity contribution in [3.05, 3.63) is 24.3 Å². The Labute approximate surface area is 116 Å². The molecule has 1 aromatic carbocycles. The van der Waals surface area contributed by atoms with E-state index in [1.807, 2.05) is 0 Å². The molecule has 1 rings (SSSR count). The predicted octanol–water partition coefficient (Wildman–Crippen LogP) is 2.03. The second-order valence-corrected chi connectivity index (χ2v) is 6.29. The van der Waals surface area contributed by atoms with Gasteiger partial charge in [-0.1, -0.05) is 37.9 Å². The monoisotopic (exact) mass is 385 g/mol. The zero-order valence-corrected chi connectivity index (χ0v) is 12.4. The fourth-order valence-corrected chi connectivity index (χ4v) is 1.96. The Bertz CT molecular complexity index is 517. The van der Waals surface area contributed by atoms with Crippen molar-refractivity contribution in [2.75, 3.05) is 10.6 Å². The quantitative estimate of drug-likeness (QED) is 0.612. The minimum Gasteiger partial charge on any atom is -0.325 e. The maximum Gasteiger partial charge on any atom is 0.294 e. The molecule has 0 saturated heterocycles. The maximum absolute atomic E-state index is 11.5. The number of alkyl halides is 2. The fraction of sp³-hybridized carbons (Fsp3) is 0.222. The molecule has 0 spiro atoms. The van der Waals surface area contributed by atoms with Gasteiger partial charge in [-0.05, 0) is 18.2 Å². The molecule has 0 fully saturated rings. The van der Waals surface area contributed by atoms with Gasteiger partial charge in [0.1, 0.15) is 4.83 Å². The number of anilines is 1. The number of benzene rings is 1. The summed E-state index contributed by atoms with van der Waals surface area (Å²) < 4.78 is 30.6. The summed E-state index contributed by atoms with van der Waals surface area (Å²) in [7, 11) is -4.26. The van der Waals surface area contributed by atoms with E-state index in [1.54, 1.807) is 0 Å². The number of carbonyl (C=O) groups is 1. The second kappa shape index (κ2) is 5.94. The second-order valence-electron chi connectivity index (χ2n) is 3.11. The molecule has 0 aliphatic rings. The first-order valence-corrected chi connectivity index (χ1v) is 7.91. The molecule has 0 aromatic heterocycles.